The maximum absolute atomic E-state index is 11.0. The first kappa shape index (κ1) is 19.8. The van der Waals surface area contributed by atoms with Crippen molar-refractivity contribution in [2.24, 2.45) is 0 Å². The Morgan fingerprint density at radius 3 is 2.75 bits per heavy atom. The number of aliphatic carboxylic acids is 1. The Hall–Kier alpha value is -2.93. The van der Waals surface area contributed by atoms with Crippen molar-refractivity contribution in [3.05, 3.63) is 47.5 Å². The zero-order valence-corrected chi connectivity index (χ0v) is 16.4. The maximum atomic E-state index is 11.0. The Morgan fingerprint density at radius 1 is 1.25 bits per heavy atom. The summed E-state index contributed by atoms with van der Waals surface area (Å²) in [7, 11) is 3.25. The number of rotatable bonds is 9. The van der Waals surface area contributed by atoms with Gasteiger partial charge in [-0.1, -0.05) is 6.92 Å². The van der Waals surface area contributed by atoms with Crippen molar-refractivity contribution in [1.29, 1.82) is 0 Å². The number of methoxy groups -OCH3 is 2. The second-order valence-corrected chi connectivity index (χ2v) is 6.57. The predicted molar refractivity (Wildman–Crippen MR) is 106 cm³/mol. The molecule has 0 aliphatic rings. The number of hydrogen-bond acceptors (Lipinski definition) is 5. The number of ether oxygens (including phenoxy) is 2. The van der Waals surface area contributed by atoms with Gasteiger partial charge in [-0.2, -0.15) is 5.10 Å². The molecule has 3 aromatic rings. The van der Waals surface area contributed by atoms with Crippen molar-refractivity contribution in [3.63, 3.8) is 0 Å². The fraction of sp³-hybridized carbons (Fsp3) is 0.381. The summed E-state index contributed by atoms with van der Waals surface area (Å²) in [5, 5.41) is 13.9. The Labute approximate surface area is 163 Å². The second-order valence-electron chi connectivity index (χ2n) is 6.57. The van der Waals surface area contributed by atoms with E-state index in [-0.39, 0.29) is 6.42 Å². The van der Waals surface area contributed by atoms with Crippen LogP contribution in [0.3, 0.4) is 0 Å². The zero-order valence-electron chi connectivity index (χ0n) is 16.4. The van der Waals surface area contributed by atoms with Gasteiger partial charge in [0.2, 0.25) is 0 Å². The molecule has 1 N–H and O–H groups in total. The summed E-state index contributed by atoms with van der Waals surface area (Å²) in [5.41, 5.74) is 5.78. The molecule has 0 radical (unpaired) electrons. The molecule has 0 unspecified atom stereocenters. The average molecular weight is 383 g/mol. The van der Waals surface area contributed by atoms with E-state index in [4.69, 9.17) is 19.7 Å². The molecule has 0 bridgehead atoms. The zero-order chi connectivity index (χ0) is 20.1. The molecule has 148 valence electrons. The van der Waals surface area contributed by atoms with Crippen molar-refractivity contribution in [3.8, 4) is 16.9 Å². The van der Waals surface area contributed by atoms with Crippen molar-refractivity contribution in [1.82, 2.24) is 14.6 Å². The highest BCUT2D eigenvalue weighted by molar-refractivity contribution is 5.84. The predicted octanol–water partition coefficient (Wildman–Crippen LogP) is 3.52. The smallest absolute Gasteiger partial charge is 0.303 e. The highest BCUT2D eigenvalue weighted by Gasteiger charge is 2.19. The van der Waals surface area contributed by atoms with Crippen LogP contribution in [0.4, 0.5) is 0 Å². The molecule has 0 saturated carbocycles. The van der Waals surface area contributed by atoms with Gasteiger partial charge in [-0.3, -0.25) is 9.78 Å². The monoisotopic (exact) mass is 383 g/mol. The molecule has 0 amide bonds. The number of carboxylic acid groups (broad SMARTS) is 1. The Morgan fingerprint density at radius 2 is 2.07 bits per heavy atom. The number of aryl methyl sites for hydroxylation is 1. The van der Waals surface area contributed by atoms with Gasteiger partial charge in [-0.15, -0.1) is 0 Å². The molecule has 0 aromatic carbocycles. The van der Waals surface area contributed by atoms with Crippen molar-refractivity contribution in [2.75, 3.05) is 14.2 Å². The minimum absolute atomic E-state index is 0.106. The fourth-order valence-corrected chi connectivity index (χ4v) is 3.45. The molecular formula is C21H25N3O4. The van der Waals surface area contributed by atoms with Gasteiger partial charge < -0.3 is 14.6 Å². The normalized spacial score (nSPS) is 11.1. The molecule has 3 heterocycles. The van der Waals surface area contributed by atoms with E-state index in [9.17, 15) is 4.79 Å². The highest BCUT2D eigenvalue weighted by Crippen LogP contribution is 2.34. The Balaban J connectivity index is 2.25. The van der Waals surface area contributed by atoms with Gasteiger partial charge in [0.1, 0.15) is 5.75 Å². The van der Waals surface area contributed by atoms with E-state index in [1.807, 2.05) is 10.6 Å². The van der Waals surface area contributed by atoms with Crippen LogP contribution in [0.2, 0.25) is 0 Å². The van der Waals surface area contributed by atoms with Crippen LogP contribution in [0, 0.1) is 0 Å². The molecule has 7 heteroatoms. The molecule has 28 heavy (non-hydrogen) atoms. The summed E-state index contributed by atoms with van der Waals surface area (Å²) in [6, 6.07) is 6.06. The lowest BCUT2D eigenvalue weighted by atomic mass is 9.95. The van der Waals surface area contributed by atoms with E-state index >= 15 is 0 Å². The third-order valence-electron chi connectivity index (χ3n) is 4.76. The van der Waals surface area contributed by atoms with Crippen LogP contribution < -0.4 is 4.74 Å². The summed E-state index contributed by atoms with van der Waals surface area (Å²) in [4.78, 5) is 15.3. The molecule has 3 rings (SSSR count). The average Bonchev–Trinajstić information content (AvgIpc) is 3.10. The number of nitrogens with zero attached hydrogens (tertiary/aromatic N) is 3. The largest absolute Gasteiger partial charge is 0.495 e. The minimum atomic E-state index is -0.803. The number of carbonyl (C=O) groups is 1. The minimum Gasteiger partial charge on any atom is -0.495 e. The first-order valence-electron chi connectivity index (χ1n) is 9.31. The maximum Gasteiger partial charge on any atom is 0.303 e. The molecule has 0 saturated heterocycles. The Bertz CT molecular complexity index is 981. The molecule has 0 fully saturated rings. The second kappa shape index (κ2) is 8.84. The molecule has 3 aromatic heterocycles. The Kier molecular flexibility index (Phi) is 6.26. The molecule has 0 aliphatic heterocycles. The summed E-state index contributed by atoms with van der Waals surface area (Å²) < 4.78 is 12.7. The van der Waals surface area contributed by atoms with Gasteiger partial charge in [0, 0.05) is 36.5 Å². The van der Waals surface area contributed by atoms with Crippen molar-refractivity contribution < 1.29 is 19.4 Å². The van der Waals surface area contributed by atoms with Crippen LogP contribution in [0.25, 0.3) is 16.6 Å². The third-order valence-corrected chi connectivity index (χ3v) is 4.76. The molecule has 0 aliphatic carbocycles. The molecule has 0 atom stereocenters. The first-order chi connectivity index (χ1) is 13.6. The molecule has 7 nitrogen and oxygen atoms in total. The van der Waals surface area contributed by atoms with Crippen LogP contribution in [0.1, 0.15) is 36.7 Å². The topological polar surface area (TPSA) is 86.0 Å². The number of carboxylic acids is 1. The lowest BCUT2D eigenvalue weighted by Gasteiger charge is -2.17. The van der Waals surface area contributed by atoms with E-state index in [1.54, 1.807) is 26.6 Å². The summed E-state index contributed by atoms with van der Waals surface area (Å²) in [6.07, 6.45) is 5.53. The SMILES string of the molecule is CCc1ccc2c(-c3cncc(OC)c3)c(CCCC(=O)O)c(COC)nn12. The van der Waals surface area contributed by atoms with Crippen LogP contribution in [0.5, 0.6) is 5.75 Å². The van der Waals surface area contributed by atoms with E-state index in [1.165, 1.54) is 0 Å². The summed E-state index contributed by atoms with van der Waals surface area (Å²) >= 11 is 0. The van der Waals surface area contributed by atoms with E-state index in [0.29, 0.717) is 25.2 Å². The van der Waals surface area contributed by atoms with Crippen LogP contribution >= 0.6 is 0 Å². The van der Waals surface area contributed by atoms with E-state index in [2.05, 4.69) is 24.0 Å². The number of pyridine rings is 1. The number of fused-ring (bicyclic) bond motifs is 1. The van der Waals surface area contributed by atoms with Gasteiger partial charge >= 0.3 is 5.97 Å². The van der Waals surface area contributed by atoms with Gasteiger partial charge in [0.05, 0.1) is 31.1 Å². The van der Waals surface area contributed by atoms with Gasteiger partial charge in [-0.25, -0.2) is 4.52 Å². The van der Waals surface area contributed by atoms with E-state index < -0.39 is 5.97 Å². The number of hydrogen-bond donors (Lipinski definition) is 1. The third kappa shape index (κ3) is 3.99. The summed E-state index contributed by atoms with van der Waals surface area (Å²) in [5.74, 6) is -0.137. The van der Waals surface area contributed by atoms with Crippen molar-refractivity contribution >= 4 is 11.5 Å². The van der Waals surface area contributed by atoms with Crippen molar-refractivity contribution in [2.45, 2.75) is 39.2 Å². The lowest BCUT2D eigenvalue weighted by molar-refractivity contribution is -0.137. The van der Waals surface area contributed by atoms with E-state index in [0.717, 1.165) is 40.0 Å². The van der Waals surface area contributed by atoms with Crippen LogP contribution in [0.15, 0.2) is 30.6 Å². The lowest BCUT2D eigenvalue weighted by Crippen LogP contribution is -2.10. The van der Waals surface area contributed by atoms with Gasteiger partial charge in [-0.05, 0) is 43.0 Å². The highest BCUT2D eigenvalue weighted by atomic mass is 16.5. The summed E-state index contributed by atoms with van der Waals surface area (Å²) in [6.45, 7) is 2.44. The standard InChI is InChI=1S/C21H25N3O4/c1-4-15-8-9-19-21(14-10-16(28-3)12-22-11-14)17(6-5-7-20(25)26)18(13-27-2)23-24(15)19/h8-12H,4-7,13H2,1-3H3,(H,25,26). The fourth-order valence-electron chi connectivity index (χ4n) is 3.45. The molecule has 0 spiro atoms. The molecular weight excluding hydrogens is 358 g/mol. The quantitative estimate of drug-likeness (QED) is 0.608. The first-order valence-corrected chi connectivity index (χ1v) is 9.31. The van der Waals surface area contributed by atoms with Gasteiger partial charge in [0.25, 0.3) is 0 Å². The van der Waals surface area contributed by atoms with Crippen LogP contribution in [-0.2, 0) is 29.0 Å². The van der Waals surface area contributed by atoms with Gasteiger partial charge in [0.15, 0.2) is 0 Å². The van der Waals surface area contributed by atoms with Crippen LogP contribution in [-0.4, -0.2) is 39.9 Å². The number of aromatic nitrogens is 3.